The molecule has 0 spiro atoms. The van der Waals surface area contributed by atoms with Crippen molar-refractivity contribution in [3.8, 4) is 0 Å². The highest BCUT2D eigenvalue weighted by Crippen LogP contribution is 2.38. The number of allylic oxidation sites excluding steroid dienone is 2. The lowest BCUT2D eigenvalue weighted by atomic mass is 9.77. The minimum atomic E-state index is -0.0565. The lowest BCUT2D eigenvalue weighted by Gasteiger charge is -2.28. The SMILES string of the molecule is C=CCCc1ccc2cc(C3CCC(CCC=C)CC3)ccc2c1F. The fourth-order valence-electron chi connectivity index (χ4n) is 4.20. The third-order valence-corrected chi connectivity index (χ3v) is 5.77. The van der Waals surface area contributed by atoms with Crippen LogP contribution < -0.4 is 0 Å². The van der Waals surface area contributed by atoms with Crippen molar-refractivity contribution < 1.29 is 4.39 Å². The average Bonchev–Trinajstić information content (AvgIpc) is 2.66. The van der Waals surface area contributed by atoms with Crippen LogP contribution in [0.1, 0.15) is 62.0 Å². The standard InChI is InChI=1S/C24H29F/c1-3-5-7-18-9-11-19(12-10-18)21-15-16-23-22(17-21)14-13-20(24(23)25)8-6-4-2/h3-4,13-19H,1-2,5-12H2. The Kier molecular flexibility index (Phi) is 6.07. The van der Waals surface area contributed by atoms with Crippen molar-refractivity contribution in [1.29, 1.82) is 0 Å². The minimum Gasteiger partial charge on any atom is -0.206 e. The first-order valence-electron chi connectivity index (χ1n) is 9.65. The lowest BCUT2D eigenvalue weighted by Crippen LogP contribution is -2.13. The molecule has 3 rings (SSSR count). The van der Waals surface area contributed by atoms with Gasteiger partial charge in [-0.3, -0.25) is 0 Å². The zero-order chi connectivity index (χ0) is 17.6. The van der Waals surface area contributed by atoms with Gasteiger partial charge in [0.25, 0.3) is 0 Å². The number of fused-ring (bicyclic) bond motifs is 1. The van der Waals surface area contributed by atoms with Crippen molar-refractivity contribution in [1.82, 2.24) is 0 Å². The maximum absolute atomic E-state index is 14.7. The van der Waals surface area contributed by atoms with E-state index in [4.69, 9.17) is 0 Å². The molecule has 0 aliphatic heterocycles. The van der Waals surface area contributed by atoms with Crippen LogP contribution in [0.25, 0.3) is 10.8 Å². The van der Waals surface area contributed by atoms with Gasteiger partial charge in [-0.25, -0.2) is 4.39 Å². The molecule has 0 saturated heterocycles. The molecule has 1 aliphatic rings. The van der Waals surface area contributed by atoms with E-state index in [1.807, 2.05) is 24.3 Å². The number of benzene rings is 2. The number of hydrogen-bond acceptors (Lipinski definition) is 0. The van der Waals surface area contributed by atoms with E-state index in [-0.39, 0.29) is 5.82 Å². The van der Waals surface area contributed by atoms with Crippen molar-refractivity contribution >= 4 is 10.8 Å². The van der Waals surface area contributed by atoms with Crippen LogP contribution in [0.5, 0.6) is 0 Å². The van der Waals surface area contributed by atoms with Crippen LogP contribution in [-0.4, -0.2) is 0 Å². The first kappa shape index (κ1) is 17.9. The molecule has 1 aliphatic carbocycles. The van der Waals surface area contributed by atoms with Crippen molar-refractivity contribution in [2.75, 3.05) is 0 Å². The molecule has 0 bridgehead atoms. The molecule has 0 atom stereocenters. The highest BCUT2D eigenvalue weighted by atomic mass is 19.1. The maximum Gasteiger partial charge on any atom is 0.134 e. The van der Waals surface area contributed by atoms with Crippen molar-refractivity contribution in [2.45, 2.75) is 57.3 Å². The molecule has 2 aromatic rings. The average molecular weight is 336 g/mol. The molecular formula is C24H29F. The molecule has 0 nitrogen and oxygen atoms in total. The quantitative estimate of drug-likeness (QED) is 0.464. The van der Waals surface area contributed by atoms with Crippen molar-refractivity contribution in [2.24, 2.45) is 5.92 Å². The number of hydrogen-bond donors (Lipinski definition) is 0. The highest BCUT2D eigenvalue weighted by Gasteiger charge is 2.22. The van der Waals surface area contributed by atoms with Crippen LogP contribution in [0.4, 0.5) is 4.39 Å². The molecule has 0 aromatic heterocycles. The summed E-state index contributed by atoms with van der Waals surface area (Å²) in [4.78, 5) is 0. The van der Waals surface area contributed by atoms with Gasteiger partial charge in [-0.05, 0) is 79.7 Å². The Hall–Kier alpha value is -1.89. The van der Waals surface area contributed by atoms with Gasteiger partial charge < -0.3 is 0 Å². The summed E-state index contributed by atoms with van der Waals surface area (Å²) in [6, 6.07) is 10.4. The fourth-order valence-corrected chi connectivity index (χ4v) is 4.20. The van der Waals surface area contributed by atoms with E-state index in [2.05, 4.69) is 31.4 Å². The van der Waals surface area contributed by atoms with Gasteiger partial charge in [-0.15, -0.1) is 13.2 Å². The number of rotatable bonds is 7. The van der Waals surface area contributed by atoms with Crippen LogP contribution in [0.2, 0.25) is 0 Å². The molecule has 0 radical (unpaired) electrons. The van der Waals surface area contributed by atoms with Gasteiger partial charge in [0.05, 0.1) is 0 Å². The molecule has 132 valence electrons. The maximum atomic E-state index is 14.7. The Bertz CT molecular complexity index is 735. The Morgan fingerprint density at radius 1 is 0.960 bits per heavy atom. The van der Waals surface area contributed by atoms with Gasteiger partial charge in [0, 0.05) is 5.39 Å². The summed E-state index contributed by atoms with van der Waals surface area (Å²) < 4.78 is 14.7. The summed E-state index contributed by atoms with van der Waals surface area (Å²) in [5.41, 5.74) is 2.18. The van der Waals surface area contributed by atoms with Crippen LogP contribution in [-0.2, 0) is 6.42 Å². The lowest BCUT2D eigenvalue weighted by molar-refractivity contribution is 0.312. The van der Waals surface area contributed by atoms with Gasteiger partial charge in [0.15, 0.2) is 0 Å². The van der Waals surface area contributed by atoms with E-state index in [1.165, 1.54) is 37.7 Å². The third-order valence-electron chi connectivity index (χ3n) is 5.77. The van der Waals surface area contributed by atoms with Crippen molar-refractivity contribution in [3.63, 3.8) is 0 Å². The zero-order valence-electron chi connectivity index (χ0n) is 15.1. The molecule has 0 heterocycles. The molecule has 0 unspecified atom stereocenters. The summed E-state index contributed by atoms with van der Waals surface area (Å²) in [7, 11) is 0. The summed E-state index contributed by atoms with van der Waals surface area (Å²) >= 11 is 0. The van der Waals surface area contributed by atoms with E-state index >= 15 is 0 Å². The summed E-state index contributed by atoms with van der Waals surface area (Å²) in [5, 5.41) is 1.79. The second-order valence-electron chi connectivity index (χ2n) is 7.43. The second kappa shape index (κ2) is 8.47. The van der Waals surface area contributed by atoms with E-state index < -0.39 is 0 Å². The Morgan fingerprint density at radius 3 is 2.44 bits per heavy atom. The van der Waals surface area contributed by atoms with Gasteiger partial charge in [-0.1, -0.05) is 42.5 Å². The molecule has 1 heteroatoms. The molecule has 1 fully saturated rings. The minimum absolute atomic E-state index is 0.0565. The fraction of sp³-hybridized carbons (Fsp3) is 0.417. The Morgan fingerprint density at radius 2 is 1.72 bits per heavy atom. The first-order valence-corrected chi connectivity index (χ1v) is 9.65. The molecule has 0 N–H and O–H groups in total. The van der Waals surface area contributed by atoms with E-state index in [9.17, 15) is 4.39 Å². The largest absolute Gasteiger partial charge is 0.206 e. The van der Waals surface area contributed by atoms with E-state index in [1.54, 1.807) is 0 Å². The molecule has 1 saturated carbocycles. The van der Waals surface area contributed by atoms with Crippen molar-refractivity contribution in [3.05, 3.63) is 72.6 Å². The molecule has 25 heavy (non-hydrogen) atoms. The summed E-state index contributed by atoms with van der Waals surface area (Å²) in [6.07, 6.45) is 13.0. The van der Waals surface area contributed by atoms with Gasteiger partial charge in [0.1, 0.15) is 5.82 Å². The van der Waals surface area contributed by atoms with Gasteiger partial charge >= 0.3 is 0 Å². The van der Waals surface area contributed by atoms with Crippen LogP contribution in [0, 0.1) is 11.7 Å². The molecule has 0 amide bonds. The third kappa shape index (κ3) is 4.21. The number of halogens is 1. The summed E-state index contributed by atoms with van der Waals surface area (Å²) in [5.74, 6) is 1.44. The predicted molar refractivity (Wildman–Crippen MR) is 107 cm³/mol. The van der Waals surface area contributed by atoms with Gasteiger partial charge in [-0.2, -0.15) is 0 Å². The monoisotopic (exact) mass is 336 g/mol. The van der Waals surface area contributed by atoms with E-state index in [0.29, 0.717) is 5.92 Å². The summed E-state index contributed by atoms with van der Waals surface area (Å²) in [6.45, 7) is 7.56. The molecule has 2 aromatic carbocycles. The second-order valence-corrected chi connectivity index (χ2v) is 7.43. The number of aryl methyl sites for hydroxylation is 1. The van der Waals surface area contributed by atoms with Crippen LogP contribution >= 0.6 is 0 Å². The Balaban J connectivity index is 1.74. The van der Waals surface area contributed by atoms with Crippen LogP contribution in [0.15, 0.2) is 55.6 Å². The first-order chi connectivity index (χ1) is 12.2. The smallest absolute Gasteiger partial charge is 0.134 e. The van der Waals surface area contributed by atoms with Gasteiger partial charge in [0.2, 0.25) is 0 Å². The topological polar surface area (TPSA) is 0 Å². The molecular weight excluding hydrogens is 307 g/mol. The normalized spacial score (nSPS) is 20.5. The van der Waals surface area contributed by atoms with E-state index in [0.717, 1.165) is 41.5 Å². The van der Waals surface area contributed by atoms with Crippen LogP contribution in [0.3, 0.4) is 0 Å². The Labute approximate surface area is 151 Å². The zero-order valence-corrected chi connectivity index (χ0v) is 15.1. The predicted octanol–water partition coefficient (Wildman–Crippen LogP) is 7.34. The highest BCUT2D eigenvalue weighted by molar-refractivity contribution is 5.84.